The topological polar surface area (TPSA) is 156 Å². The van der Waals surface area contributed by atoms with E-state index < -0.39 is 45.6 Å². The summed E-state index contributed by atoms with van der Waals surface area (Å²) in [5.74, 6) is -1.67. The number of aliphatic hydroxyl groups is 1. The number of carbonyl (C=O) groups is 2. The van der Waals surface area contributed by atoms with Gasteiger partial charge in [-0.1, -0.05) is 6.07 Å². The van der Waals surface area contributed by atoms with Crippen molar-refractivity contribution in [2.45, 2.75) is 37.3 Å². The monoisotopic (exact) mass is 477 g/mol. The predicted molar refractivity (Wildman–Crippen MR) is 117 cm³/mol. The van der Waals surface area contributed by atoms with Crippen molar-refractivity contribution in [1.29, 1.82) is 0 Å². The molecule has 176 valence electrons. The highest BCUT2D eigenvalue weighted by Gasteiger charge is 2.44. The number of rotatable bonds is 7. The third-order valence-electron chi connectivity index (χ3n) is 5.30. The molecule has 1 saturated heterocycles. The lowest BCUT2D eigenvalue weighted by Crippen LogP contribution is -2.42. The first-order valence-corrected chi connectivity index (χ1v) is 11.4. The number of nitrogens with one attached hydrogen (secondary N) is 1. The van der Waals surface area contributed by atoms with Crippen LogP contribution in [-0.4, -0.2) is 59.9 Å². The van der Waals surface area contributed by atoms with Crippen LogP contribution in [0.3, 0.4) is 0 Å². The van der Waals surface area contributed by atoms with Gasteiger partial charge >= 0.3 is 5.97 Å². The first kappa shape index (κ1) is 24.3. The highest BCUT2D eigenvalue weighted by atomic mass is 32.2. The summed E-state index contributed by atoms with van der Waals surface area (Å²) in [4.78, 5) is 34.8. The van der Waals surface area contributed by atoms with Crippen molar-refractivity contribution in [3.63, 3.8) is 0 Å². The number of carbonyl (C=O) groups excluding carboxylic acids is 2. The number of esters is 1. The Hall–Kier alpha value is -3.35. The number of amides is 1. The molecule has 3 rings (SSSR count). The van der Waals surface area contributed by atoms with E-state index in [9.17, 15) is 33.2 Å². The Morgan fingerprint density at radius 2 is 1.85 bits per heavy atom. The van der Waals surface area contributed by atoms with Crippen LogP contribution < -0.4 is 5.32 Å². The molecule has 2 aromatic carbocycles. The van der Waals surface area contributed by atoms with E-state index in [1.54, 1.807) is 13.0 Å². The summed E-state index contributed by atoms with van der Waals surface area (Å²) in [7, 11) is -4.09. The summed E-state index contributed by atoms with van der Waals surface area (Å²) in [6.07, 6.45) is -1.22. The number of ether oxygens (including phenoxy) is 1. The fraction of sp³-hybridized carbons (Fsp3) is 0.333. The standard InChI is InChI=1S/C21H23N3O8S/c1-13-3-8-18(9-14(13)2)33(30,31)23-11-17(25)10-19(23)21(27)32-12-20(26)22-15-4-6-16(7-5-15)24(28)29/h3-9,17,19,25H,10-12H2,1-2H3,(H,22,26). The predicted octanol–water partition coefficient (Wildman–Crippen LogP) is 1.52. The van der Waals surface area contributed by atoms with Crippen LogP contribution in [0.4, 0.5) is 11.4 Å². The molecule has 2 N–H and O–H groups in total. The molecule has 33 heavy (non-hydrogen) atoms. The highest BCUT2D eigenvalue weighted by Crippen LogP contribution is 2.28. The van der Waals surface area contributed by atoms with E-state index in [1.807, 2.05) is 6.92 Å². The average molecular weight is 477 g/mol. The molecule has 2 unspecified atom stereocenters. The van der Waals surface area contributed by atoms with Crippen molar-refractivity contribution >= 4 is 33.3 Å². The number of aryl methyl sites for hydroxylation is 2. The molecule has 1 amide bonds. The number of sulfonamides is 1. The van der Waals surface area contributed by atoms with Gasteiger partial charge in [0.15, 0.2) is 6.61 Å². The van der Waals surface area contributed by atoms with Crippen molar-refractivity contribution < 1.29 is 32.8 Å². The Balaban J connectivity index is 1.65. The van der Waals surface area contributed by atoms with Gasteiger partial charge in [0, 0.05) is 30.8 Å². The number of hydrogen-bond donors (Lipinski definition) is 2. The zero-order chi connectivity index (χ0) is 24.3. The Bertz CT molecular complexity index is 1180. The van der Waals surface area contributed by atoms with Crippen LogP contribution in [0.5, 0.6) is 0 Å². The van der Waals surface area contributed by atoms with Crippen molar-refractivity contribution in [2.24, 2.45) is 0 Å². The molecule has 11 nitrogen and oxygen atoms in total. The van der Waals surface area contributed by atoms with Gasteiger partial charge in [0.05, 0.1) is 15.9 Å². The number of nitro groups is 1. The Labute approximate surface area is 190 Å². The number of hydrogen-bond acceptors (Lipinski definition) is 8. The van der Waals surface area contributed by atoms with Crippen LogP contribution in [0.2, 0.25) is 0 Å². The van der Waals surface area contributed by atoms with E-state index in [4.69, 9.17) is 4.74 Å². The smallest absolute Gasteiger partial charge is 0.325 e. The SMILES string of the molecule is Cc1ccc(S(=O)(=O)N2CC(O)CC2C(=O)OCC(=O)Nc2ccc([N+](=O)[O-])cc2)cc1C. The van der Waals surface area contributed by atoms with Crippen molar-refractivity contribution in [3.05, 3.63) is 63.7 Å². The van der Waals surface area contributed by atoms with Gasteiger partial charge in [-0.25, -0.2) is 8.42 Å². The van der Waals surface area contributed by atoms with E-state index in [-0.39, 0.29) is 29.2 Å². The maximum absolute atomic E-state index is 13.1. The fourth-order valence-corrected chi connectivity index (χ4v) is 5.08. The molecule has 1 aliphatic heterocycles. The Kier molecular flexibility index (Phi) is 7.10. The summed E-state index contributed by atoms with van der Waals surface area (Å²) in [5, 5.41) is 23.1. The molecule has 2 atom stereocenters. The second kappa shape index (κ2) is 9.65. The summed E-state index contributed by atoms with van der Waals surface area (Å²) in [6, 6.07) is 8.36. The van der Waals surface area contributed by atoms with Crippen LogP contribution in [0.15, 0.2) is 47.4 Å². The van der Waals surface area contributed by atoms with E-state index in [2.05, 4.69) is 5.32 Å². The zero-order valence-electron chi connectivity index (χ0n) is 17.9. The minimum atomic E-state index is -4.09. The summed E-state index contributed by atoms with van der Waals surface area (Å²) >= 11 is 0. The second-order valence-corrected chi connectivity index (χ2v) is 9.58. The lowest BCUT2D eigenvalue weighted by molar-refractivity contribution is -0.384. The number of β-amino-alcohol motifs (C(OH)–C–C–N with tert-alkyl or cyclic N) is 1. The minimum Gasteiger partial charge on any atom is -0.454 e. The number of aliphatic hydroxyl groups excluding tert-OH is 1. The van der Waals surface area contributed by atoms with Gasteiger partial charge < -0.3 is 15.2 Å². The number of nitro benzene ring substituents is 1. The number of benzene rings is 2. The summed E-state index contributed by atoms with van der Waals surface area (Å²) in [5.41, 5.74) is 1.78. The molecular weight excluding hydrogens is 454 g/mol. The van der Waals surface area contributed by atoms with E-state index in [1.165, 1.54) is 36.4 Å². The number of non-ortho nitro benzene ring substituents is 1. The van der Waals surface area contributed by atoms with E-state index in [0.717, 1.165) is 15.4 Å². The van der Waals surface area contributed by atoms with Gasteiger partial charge in [0.25, 0.3) is 11.6 Å². The molecule has 2 aromatic rings. The van der Waals surface area contributed by atoms with Crippen molar-refractivity contribution in [3.8, 4) is 0 Å². The lowest BCUT2D eigenvalue weighted by Gasteiger charge is -2.22. The average Bonchev–Trinajstić information content (AvgIpc) is 3.17. The maximum Gasteiger partial charge on any atom is 0.325 e. The third kappa shape index (κ3) is 5.53. The van der Waals surface area contributed by atoms with Crippen LogP contribution in [0.25, 0.3) is 0 Å². The molecule has 12 heteroatoms. The normalized spacial score (nSPS) is 18.6. The minimum absolute atomic E-state index is 0.00610. The summed E-state index contributed by atoms with van der Waals surface area (Å²) < 4.78 is 32.1. The van der Waals surface area contributed by atoms with Crippen LogP contribution in [-0.2, 0) is 24.3 Å². The Morgan fingerprint density at radius 1 is 1.18 bits per heavy atom. The van der Waals surface area contributed by atoms with Crippen molar-refractivity contribution in [2.75, 3.05) is 18.5 Å². The number of nitrogens with zero attached hydrogens (tertiary/aromatic N) is 2. The van der Waals surface area contributed by atoms with Crippen LogP contribution >= 0.6 is 0 Å². The first-order chi connectivity index (χ1) is 15.5. The lowest BCUT2D eigenvalue weighted by atomic mass is 10.1. The molecule has 0 radical (unpaired) electrons. The van der Waals surface area contributed by atoms with E-state index in [0.29, 0.717) is 0 Å². The molecule has 1 aliphatic rings. The quantitative estimate of drug-likeness (QED) is 0.345. The van der Waals surface area contributed by atoms with Gasteiger partial charge in [-0.2, -0.15) is 4.31 Å². The second-order valence-electron chi connectivity index (χ2n) is 7.69. The Morgan fingerprint density at radius 3 is 2.45 bits per heavy atom. The van der Waals surface area contributed by atoms with E-state index >= 15 is 0 Å². The largest absolute Gasteiger partial charge is 0.454 e. The van der Waals surface area contributed by atoms with Crippen molar-refractivity contribution in [1.82, 2.24) is 4.31 Å². The molecule has 1 fully saturated rings. The fourth-order valence-electron chi connectivity index (χ4n) is 3.37. The van der Waals surface area contributed by atoms with Gasteiger partial charge in [0.1, 0.15) is 6.04 Å². The highest BCUT2D eigenvalue weighted by molar-refractivity contribution is 7.89. The third-order valence-corrected chi connectivity index (χ3v) is 7.17. The molecule has 0 aliphatic carbocycles. The zero-order valence-corrected chi connectivity index (χ0v) is 18.7. The van der Waals surface area contributed by atoms with Gasteiger partial charge in [-0.3, -0.25) is 19.7 Å². The summed E-state index contributed by atoms with van der Waals surface area (Å²) in [6.45, 7) is 2.64. The molecule has 0 bridgehead atoms. The molecular formula is C21H23N3O8S. The number of anilines is 1. The maximum atomic E-state index is 13.1. The molecule has 1 heterocycles. The molecule has 0 spiro atoms. The van der Waals surface area contributed by atoms with Crippen LogP contribution in [0, 0.1) is 24.0 Å². The van der Waals surface area contributed by atoms with Gasteiger partial charge in [-0.15, -0.1) is 0 Å². The van der Waals surface area contributed by atoms with Crippen LogP contribution in [0.1, 0.15) is 17.5 Å². The molecule has 0 saturated carbocycles. The van der Waals surface area contributed by atoms with Gasteiger partial charge in [0.2, 0.25) is 10.0 Å². The first-order valence-electron chi connectivity index (χ1n) is 9.97. The molecule has 0 aromatic heterocycles. The van der Waals surface area contributed by atoms with Gasteiger partial charge in [-0.05, 0) is 49.2 Å².